The number of rotatable bonds is 7. The van der Waals surface area contributed by atoms with E-state index >= 15 is 0 Å². The Morgan fingerprint density at radius 2 is 1.81 bits per heavy atom. The molecular weight excluding hydrogens is 200 g/mol. The van der Waals surface area contributed by atoms with Crippen molar-refractivity contribution in [3.05, 3.63) is 23.3 Å². The van der Waals surface area contributed by atoms with E-state index in [2.05, 4.69) is 32.9 Å². The third-order valence-corrected chi connectivity index (χ3v) is 2.55. The summed E-state index contributed by atoms with van der Waals surface area (Å²) in [6.45, 7) is 8.58. The van der Waals surface area contributed by atoms with Crippen LogP contribution in [0.15, 0.2) is 23.3 Å². The van der Waals surface area contributed by atoms with Crippen molar-refractivity contribution in [3.63, 3.8) is 0 Å². The molecule has 0 unspecified atom stereocenters. The third kappa shape index (κ3) is 8.27. The lowest BCUT2D eigenvalue weighted by Gasteiger charge is -2.02. The van der Waals surface area contributed by atoms with Gasteiger partial charge in [-0.15, -0.1) is 0 Å². The average molecular weight is 224 g/mol. The SMILES string of the molecule is C/C=C(/C)CC/C=C(\C)CCC(=O)OCC. The second kappa shape index (κ2) is 9.20. The van der Waals surface area contributed by atoms with Gasteiger partial charge in [0.05, 0.1) is 6.61 Å². The van der Waals surface area contributed by atoms with Crippen molar-refractivity contribution >= 4 is 5.97 Å². The fraction of sp³-hybridized carbons (Fsp3) is 0.643. The van der Waals surface area contributed by atoms with Gasteiger partial charge in [0.2, 0.25) is 0 Å². The Hall–Kier alpha value is -1.05. The molecule has 0 saturated carbocycles. The Labute approximate surface area is 99.4 Å². The summed E-state index contributed by atoms with van der Waals surface area (Å²) in [4.78, 5) is 11.1. The maximum Gasteiger partial charge on any atom is 0.306 e. The van der Waals surface area contributed by atoms with Gasteiger partial charge in [0.25, 0.3) is 0 Å². The molecule has 0 atom stereocenters. The van der Waals surface area contributed by atoms with Gasteiger partial charge in [0.1, 0.15) is 0 Å². The highest BCUT2D eigenvalue weighted by Gasteiger charge is 2.01. The first-order valence-electron chi connectivity index (χ1n) is 6.03. The summed E-state index contributed by atoms with van der Waals surface area (Å²) in [5, 5.41) is 0. The van der Waals surface area contributed by atoms with Crippen LogP contribution in [-0.2, 0) is 9.53 Å². The first-order valence-corrected chi connectivity index (χ1v) is 6.03. The molecule has 0 aliphatic carbocycles. The molecule has 0 fully saturated rings. The molecule has 0 rings (SSSR count). The molecule has 0 aromatic heterocycles. The predicted molar refractivity (Wildman–Crippen MR) is 68.3 cm³/mol. The monoisotopic (exact) mass is 224 g/mol. The van der Waals surface area contributed by atoms with E-state index in [0.29, 0.717) is 13.0 Å². The van der Waals surface area contributed by atoms with Crippen LogP contribution in [0.1, 0.15) is 53.4 Å². The molecule has 0 radical (unpaired) electrons. The predicted octanol–water partition coefficient (Wildman–Crippen LogP) is 4.02. The Morgan fingerprint density at radius 3 is 2.38 bits per heavy atom. The Balaban J connectivity index is 3.75. The topological polar surface area (TPSA) is 26.3 Å². The lowest BCUT2D eigenvalue weighted by Crippen LogP contribution is -2.03. The van der Waals surface area contributed by atoms with E-state index in [9.17, 15) is 4.79 Å². The highest BCUT2D eigenvalue weighted by molar-refractivity contribution is 5.69. The molecular formula is C14H24O2. The molecule has 92 valence electrons. The molecule has 0 heterocycles. The summed E-state index contributed by atoms with van der Waals surface area (Å²) in [6, 6.07) is 0. The van der Waals surface area contributed by atoms with Crippen molar-refractivity contribution in [2.45, 2.75) is 53.4 Å². The first-order chi connectivity index (χ1) is 7.60. The van der Waals surface area contributed by atoms with Crippen LogP contribution in [0.4, 0.5) is 0 Å². The van der Waals surface area contributed by atoms with Gasteiger partial charge in [-0.3, -0.25) is 4.79 Å². The van der Waals surface area contributed by atoms with Gasteiger partial charge in [0.15, 0.2) is 0 Å². The van der Waals surface area contributed by atoms with E-state index in [0.717, 1.165) is 19.3 Å². The van der Waals surface area contributed by atoms with Crippen molar-refractivity contribution in [3.8, 4) is 0 Å². The molecule has 0 aliphatic heterocycles. The quantitative estimate of drug-likeness (QED) is 0.482. The van der Waals surface area contributed by atoms with Crippen LogP contribution in [0.3, 0.4) is 0 Å². The second-order valence-electron chi connectivity index (χ2n) is 4.03. The largest absolute Gasteiger partial charge is 0.466 e. The van der Waals surface area contributed by atoms with E-state index in [1.807, 2.05) is 6.92 Å². The summed E-state index contributed by atoms with van der Waals surface area (Å²) in [6.07, 6.45) is 7.83. The smallest absolute Gasteiger partial charge is 0.306 e. The van der Waals surface area contributed by atoms with E-state index in [-0.39, 0.29) is 5.97 Å². The zero-order valence-electron chi connectivity index (χ0n) is 11.0. The van der Waals surface area contributed by atoms with E-state index in [1.54, 1.807) is 0 Å². The Kier molecular flexibility index (Phi) is 8.59. The number of carbonyl (C=O) groups is 1. The van der Waals surface area contributed by atoms with Crippen LogP contribution in [0.25, 0.3) is 0 Å². The number of hydrogen-bond acceptors (Lipinski definition) is 2. The van der Waals surface area contributed by atoms with Crippen molar-refractivity contribution in [2.75, 3.05) is 6.61 Å². The fourth-order valence-corrected chi connectivity index (χ4v) is 1.33. The van der Waals surface area contributed by atoms with E-state index < -0.39 is 0 Å². The zero-order chi connectivity index (χ0) is 12.4. The van der Waals surface area contributed by atoms with Gasteiger partial charge in [-0.1, -0.05) is 23.3 Å². The van der Waals surface area contributed by atoms with Crippen LogP contribution in [0.2, 0.25) is 0 Å². The number of ether oxygens (including phenoxy) is 1. The second-order valence-corrected chi connectivity index (χ2v) is 4.03. The molecule has 0 spiro atoms. The molecule has 0 amide bonds. The van der Waals surface area contributed by atoms with Gasteiger partial charge >= 0.3 is 5.97 Å². The Morgan fingerprint density at radius 1 is 1.12 bits per heavy atom. The van der Waals surface area contributed by atoms with Crippen LogP contribution >= 0.6 is 0 Å². The standard InChI is InChI=1S/C14H24O2/c1-5-12(3)8-7-9-13(4)10-11-14(15)16-6-2/h5,9H,6-8,10-11H2,1-4H3/b12-5-,13-9+. The van der Waals surface area contributed by atoms with Gasteiger partial charge in [-0.2, -0.15) is 0 Å². The molecule has 0 saturated heterocycles. The van der Waals surface area contributed by atoms with E-state index in [1.165, 1.54) is 11.1 Å². The first kappa shape index (κ1) is 14.9. The van der Waals surface area contributed by atoms with Crippen molar-refractivity contribution in [1.82, 2.24) is 0 Å². The minimum absolute atomic E-state index is 0.0973. The van der Waals surface area contributed by atoms with Gasteiger partial charge in [0, 0.05) is 6.42 Å². The molecule has 0 aromatic carbocycles. The molecule has 2 nitrogen and oxygen atoms in total. The maximum absolute atomic E-state index is 11.1. The lowest BCUT2D eigenvalue weighted by molar-refractivity contribution is -0.143. The summed E-state index contributed by atoms with van der Waals surface area (Å²) in [5.41, 5.74) is 2.69. The van der Waals surface area contributed by atoms with E-state index in [4.69, 9.17) is 4.74 Å². The zero-order valence-corrected chi connectivity index (χ0v) is 11.0. The molecule has 0 aliphatic rings. The third-order valence-electron chi connectivity index (χ3n) is 2.55. The molecule has 0 bridgehead atoms. The molecule has 2 heteroatoms. The van der Waals surface area contributed by atoms with Gasteiger partial charge < -0.3 is 4.74 Å². The number of carbonyl (C=O) groups excluding carboxylic acids is 1. The number of allylic oxidation sites excluding steroid dienone is 4. The summed E-state index contributed by atoms with van der Waals surface area (Å²) in [7, 11) is 0. The average Bonchev–Trinajstić information content (AvgIpc) is 2.26. The van der Waals surface area contributed by atoms with Crippen molar-refractivity contribution in [1.29, 1.82) is 0 Å². The highest BCUT2D eigenvalue weighted by atomic mass is 16.5. The summed E-state index contributed by atoms with van der Waals surface area (Å²) < 4.78 is 4.88. The molecule has 16 heavy (non-hydrogen) atoms. The normalized spacial score (nSPS) is 12.8. The number of hydrogen-bond donors (Lipinski definition) is 0. The number of esters is 1. The van der Waals surface area contributed by atoms with Crippen LogP contribution in [0.5, 0.6) is 0 Å². The molecule has 0 N–H and O–H groups in total. The van der Waals surface area contributed by atoms with Crippen molar-refractivity contribution in [2.24, 2.45) is 0 Å². The Bertz CT molecular complexity index is 262. The maximum atomic E-state index is 11.1. The van der Waals surface area contributed by atoms with Gasteiger partial charge in [-0.25, -0.2) is 0 Å². The van der Waals surface area contributed by atoms with Crippen LogP contribution < -0.4 is 0 Å². The van der Waals surface area contributed by atoms with Crippen LogP contribution in [0, 0.1) is 0 Å². The summed E-state index contributed by atoms with van der Waals surface area (Å²) >= 11 is 0. The highest BCUT2D eigenvalue weighted by Crippen LogP contribution is 2.10. The van der Waals surface area contributed by atoms with Gasteiger partial charge in [-0.05, 0) is 47.0 Å². The van der Waals surface area contributed by atoms with Crippen LogP contribution in [-0.4, -0.2) is 12.6 Å². The fourth-order valence-electron chi connectivity index (χ4n) is 1.33. The summed E-state index contributed by atoms with van der Waals surface area (Å²) in [5.74, 6) is -0.0973. The minimum Gasteiger partial charge on any atom is -0.466 e. The lowest BCUT2D eigenvalue weighted by atomic mass is 10.1. The minimum atomic E-state index is -0.0973. The molecule has 0 aromatic rings. The van der Waals surface area contributed by atoms with Crippen molar-refractivity contribution < 1.29 is 9.53 Å².